The van der Waals surface area contributed by atoms with Crippen LogP contribution >= 0.6 is 0 Å². The Hall–Kier alpha value is -0.610. The molecule has 0 spiro atoms. The van der Waals surface area contributed by atoms with Gasteiger partial charge in [0.25, 0.3) is 0 Å². The molecule has 0 saturated carbocycles. The SMILES string of the molecule is CC(C)(COC1CCNC1)C(=O)O. The summed E-state index contributed by atoms with van der Waals surface area (Å²) in [5.74, 6) is -0.807. The number of rotatable bonds is 4. The highest BCUT2D eigenvalue weighted by molar-refractivity contribution is 5.73. The molecule has 0 aromatic rings. The zero-order chi connectivity index (χ0) is 9.90. The number of carbonyl (C=O) groups is 1. The van der Waals surface area contributed by atoms with Gasteiger partial charge in [-0.2, -0.15) is 0 Å². The maximum atomic E-state index is 10.7. The molecule has 0 aromatic carbocycles. The zero-order valence-corrected chi connectivity index (χ0v) is 8.17. The molecule has 1 fully saturated rings. The van der Waals surface area contributed by atoms with E-state index in [2.05, 4.69) is 5.32 Å². The Labute approximate surface area is 78.3 Å². The molecule has 1 heterocycles. The van der Waals surface area contributed by atoms with Crippen molar-refractivity contribution in [3.05, 3.63) is 0 Å². The third-order valence-corrected chi connectivity index (χ3v) is 2.27. The van der Waals surface area contributed by atoms with Gasteiger partial charge in [-0.15, -0.1) is 0 Å². The van der Waals surface area contributed by atoms with Crippen molar-refractivity contribution in [1.82, 2.24) is 5.32 Å². The van der Waals surface area contributed by atoms with E-state index in [4.69, 9.17) is 9.84 Å². The first kappa shape index (κ1) is 10.5. The van der Waals surface area contributed by atoms with Gasteiger partial charge < -0.3 is 15.2 Å². The van der Waals surface area contributed by atoms with Gasteiger partial charge in [-0.05, 0) is 26.8 Å². The number of carboxylic acid groups (broad SMARTS) is 1. The fraction of sp³-hybridized carbons (Fsp3) is 0.889. The Morgan fingerprint density at radius 1 is 1.69 bits per heavy atom. The van der Waals surface area contributed by atoms with E-state index in [1.807, 2.05) is 0 Å². The topological polar surface area (TPSA) is 58.6 Å². The lowest BCUT2D eigenvalue weighted by Crippen LogP contribution is -2.32. The Kier molecular flexibility index (Phi) is 3.27. The van der Waals surface area contributed by atoms with Crippen LogP contribution in [0.5, 0.6) is 0 Å². The van der Waals surface area contributed by atoms with Crippen molar-refractivity contribution in [2.24, 2.45) is 5.41 Å². The van der Waals surface area contributed by atoms with Gasteiger partial charge >= 0.3 is 5.97 Å². The van der Waals surface area contributed by atoms with Crippen LogP contribution in [0, 0.1) is 5.41 Å². The van der Waals surface area contributed by atoms with Crippen LogP contribution < -0.4 is 5.32 Å². The summed E-state index contributed by atoms with van der Waals surface area (Å²) in [7, 11) is 0. The summed E-state index contributed by atoms with van der Waals surface area (Å²) >= 11 is 0. The molecule has 4 nitrogen and oxygen atoms in total. The molecule has 1 aliphatic rings. The summed E-state index contributed by atoms with van der Waals surface area (Å²) in [6.45, 7) is 5.46. The molecule has 4 heteroatoms. The van der Waals surface area contributed by atoms with Crippen molar-refractivity contribution in [2.45, 2.75) is 26.4 Å². The monoisotopic (exact) mass is 187 g/mol. The van der Waals surface area contributed by atoms with Gasteiger partial charge in [-0.25, -0.2) is 0 Å². The molecule has 1 atom stereocenters. The van der Waals surface area contributed by atoms with E-state index in [-0.39, 0.29) is 12.7 Å². The molecular weight excluding hydrogens is 170 g/mol. The Balaban J connectivity index is 2.28. The molecule has 13 heavy (non-hydrogen) atoms. The molecule has 1 aliphatic heterocycles. The van der Waals surface area contributed by atoms with Gasteiger partial charge in [-0.1, -0.05) is 0 Å². The third-order valence-electron chi connectivity index (χ3n) is 2.27. The largest absolute Gasteiger partial charge is 0.481 e. The van der Waals surface area contributed by atoms with Crippen LogP contribution in [0.25, 0.3) is 0 Å². The lowest BCUT2D eigenvalue weighted by atomic mass is 9.95. The fourth-order valence-electron chi connectivity index (χ4n) is 1.16. The average Bonchev–Trinajstić information content (AvgIpc) is 2.52. The van der Waals surface area contributed by atoms with Gasteiger partial charge in [0.2, 0.25) is 0 Å². The van der Waals surface area contributed by atoms with E-state index in [1.165, 1.54) is 0 Å². The maximum absolute atomic E-state index is 10.7. The molecule has 76 valence electrons. The highest BCUT2D eigenvalue weighted by Crippen LogP contribution is 2.17. The number of hydrogen-bond donors (Lipinski definition) is 2. The predicted molar refractivity (Wildman–Crippen MR) is 48.6 cm³/mol. The molecule has 0 bridgehead atoms. The van der Waals surface area contributed by atoms with Crippen LogP contribution in [0.3, 0.4) is 0 Å². The summed E-state index contributed by atoms with van der Waals surface area (Å²) in [4.78, 5) is 10.7. The highest BCUT2D eigenvalue weighted by atomic mass is 16.5. The van der Waals surface area contributed by atoms with Crippen molar-refractivity contribution < 1.29 is 14.6 Å². The second kappa shape index (κ2) is 4.07. The Morgan fingerprint density at radius 2 is 2.38 bits per heavy atom. The maximum Gasteiger partial charge on any atom is 0.311 e. The lowest BCUT2D eigenvalue weighted by Gasteiger charge is -2.21. The number of ether oxygens (including phenoxy) is 1. The smallest absolute Gasteiger partial charge is 0.311 e. The van der Waals surface area contributed by atoms with Crippen LogP contribution in [0.15, 0.2) is 0 Å². The van der Waals surface area contributed by atoms with E-state index in [0.29, 0.717) is 0 Å². The quantitative estimate of drug-likeness (QED) is 0.672. The molecule has 1 saturated heterocycles. The summed E-state index contributed by atoms with van der Waals surface area (Å²) in [5.41, 5.74) is -0.775. The molecule has 1 rings (SSSR count). The van der Waals surface area contributed by atoms with Gasteiger partial charge in [0.05, 0.1) is 18.1 Å². The lowest BCUT2D eigenvalue weighted by molar-refractivity contribution is -0.151. The van der Waals surface area contributed by atoms with Gasteiger partial charge in [0, 0.05) is 6.54 Å². The molecule has 0 aliphatic carbocycles. The van der Waals surface area contributed by atoms with E-state index in [9.17, 15) is 4.79 Å². The number of aliphatic carboxylic acids is 1. The van der Waals surface area contributed by atoms with Crippen molar-refractivity contribution in [3.8, 4) is 0 Å². The Bertz CT molecular complexity index is 185. The standard InChI is InChI=1S/C9H17NO3/c1-9(2,8(11)12)6-13-7-3-4-10-5-7/h7,10H,3-6H2,1-2H3,(H,11,12). The summed E-state index contributed by atoms with van der Waals surface area (Å²) in [6.07, 6.45) is 1.18. The zero-order valence-electron chi connectivity index (χ0n) is 8.17. The minimum atomic E-state index is -0.807. The summed E-state index contributed by atoms with van der Waals surface area (Å²) in [5, 5.41) is 12.0. The van der Waals surface area contributed by atoms with Crippen LogP contribution in [-0.2, 0) is 9.53 Å². The minimum Gasteiger partial charge on any atom is -0.481 e. The van der Waals surface area contributed by atoms with Crippen LogP contribution in [0.4, 0.5) is 0 Å². The van der Waals surface area contributed by atoms with Gasteiger partial charge in [-0.3, -0.25) is 4.79 Å². The average molecular weight is 187 g/mol. The first-order valence-electron chi connectivity index (χ1n) is 4.58. The first-order valence-corrected chi connectivity index (χ1v) is 4.58. The second-order valence-corrected chi connectivity index (χ2v) is 4.11. The number of hydrogen-bond acceptors (Lipinski definition) is 3. The third kappa shape index (κ3) is 2.97. The van der Waals surface area contributed by atoms with Gasteiger partial charge in [0.1, 0.15) is 0 Å². The fourth-order valence-corrected chi connectivity index (χ4v) is 1.16. The van der Waals surface area contributed by atoms with Crippen molar-refractivity contribution in [2.75, 3.05) is 19.7 Å². The van der Waals surface area contributed by atoms with E-state index in [1.54, 1.807) is 13.8 Å². The second-order valence-electron chi connectivity index (χ2n) is 4.11. The van der Waals surface area contributed by atoms with Crippen LogP contribution in [-0.4, -0.2) is 36.9 Å². The minimum absolute atomic E-state index is 0.193. The number of carboxylic acids is 1. The highest BCUT2D eigenvalue weighted by Gasteiger charge is 2.29. The molecule has 0 aromatic heterocycles. The van der Waals surface area contributed by atoms with Gasteiger partial charge in [0.15, 0.2) is 0 Å². The Morgan fingerprint density at radius 3 is 2.85 bits per heavy atom. The van der Waals surface area contributed by atoms with Crippen LogP contribution in [0.2, 0.25) is 0 Å². The summed E-state index contributed by atoms with van der Waals surface area (Å²) < 4.78 is 5.49. The van der Waals surface area contributed by atoms with Crippen molar-refractivity contribution >= 4 is 5.97 Å². The predicted octanol–water partition coefficient (Wildman–Crippen LogP) is 0.476. The normalized spacial score (nSPS) is 23.4. The molecule has 2 N–H and O–H groups in total. The summed E-state index contributed by atoms with van der Waals surface area (Å²) in [6, 6.07) is 0. The first-order chi connectivity index (χ1) is 6.02. The van der Waals surface area contributed by atoms with E-state index >= 15 is 0 Å². The molecular formula is C9H17NO3. The molecule has 1 unspecified atom stereocenters. The van der Waals surface area contributed by atoms with E-state index < -0.39 is 11.4 Å². The van der Waals surface area contributed by atoms with E-state index in [0.717, 1.165) is 19.5 Å². The molecule has 0 amide bonds. The van der Waals surface area contributed by atoms with Crippen LogP contribution in [0.1, 0.15) is 20.3 Å². The number of nitrogens with one attached hydrogen (secondary N) is 1. The van der Waals surface area contributed by atoms with Crippen molar-refractivity contribution in [1.29, 1.82) is 0 Å². The molecule has 0 radical (unpaired) electrons. The van der Waals surface area contributed by atoms with Crippen molar-refractivity contribution in [3.63, 3.8) is 0 Å².